The van der Waals surface area contributed by atoms with E-state index in [0.29, 0.717) is 0 Å². The van der Waals surface area contributed by atoms with Gasteiger partial charge in [-0.15, -0.1) is 0 Å². The molecule has 30 heavy (non-hydrogen) atoms. The van der Waals surface area contributed by atoms with E-state index in [1.54, 1.807) is 32.0 Å². The van der Waals surface area contributed by atoms with E-state index < -0.39 is 60.4 Å². The van der Waals surface area contributed by atoms with Crippen molar-refractivity contribution in [2.75, 3.05) is 0 Å². The zero-order chi connectivity index (χ0) is 22.6. The summed E-state index contributed by atoms with van der Waals surface area (Å²) in [5, 5.41) is 2.51. The van der Waals surface area contributed by atoms with E-state index in [9.17, 15) is 26.7 Å². The molecule has 0 heterocycles. The Morgan fingerprint density at radius 2 is 1.40 bits per heavy atom. The number of ether oxygens (including phenoxy) is 1. The molecule has 0 saturated heterocycles. The van der Waals surface area contributed by atoms with E-state index in [1.165, 1.54) is 19.1 Å². The molecule has 0 aliphatic rings. The zero-order valence-electron chi connectivity index (χ0n) is 16.2. The number of benzene rings is 2. The average Bonchev–Trinajstić information content (AvgIpc) is 2.68. The minimum Gasteiger partial charge on any atom is -0.462 e. The van der Waals surface area contributed by atoms with Gasteiger partial charge in [-0.25, -0.2) is 18.3 Å². The van der Waals surface area contributed by atoms with Crippen molar-refractivity contribution in [1.29, 1.82) is 0 Å². The predicted molar refractivity (Wildman–Crippen MR) is 102 cm³/mol. The van der Waals surface area contributed by atoms with Crippen LogP contribution in [0.25, 0.3) is 0 Å². The fraction of sp³-hybridized carbons (Fsp3) is 0.263. The standard InChI is InChI=1S/C19H19F5NO4P/c1-10(2)27-19(26)11(3)25-30(4,28-12-8-6-5-7-9-12)29-18-16(23)14(21)13(20)15(22)17(18)24/h5-11,25H,4H2,1-3H3. The van der Waals surface area contributed by atoms with Gasteiger partial charge in [-0.05, 0) is 39.2 Å². The Hall–Kier alpha value is -2.58. The van der Waals surface area contributed by atoms with Crippen LogP contribution in [-0.4, -0.2) is 24.4 Å². The van der Waals surface area contributed by atoms with Crippen LogP contribution < -0.4 is 14.1 Å². The molecule has 2 aromatic carbocycles. The fourth-order valence-electron chi connectivity index (χ4n) is 2.22. The van der Waals surface area contributed by atoms with Crippen LogP contribution in [0.3, 0.4) is 0 Å². The second-order valence-electron chi connectivity index (χ2n) is 6.40. The van der Waals surface area contributed by atoms with Gasteiger partial charge in [0.2, 0.25) is 34.8 Å². The Morgan fingerprint density at radius 1 is 0.900 bits per heavy atom. The van der Waals surface area contributed by atoms with E-state index >= 15 is 0 Å². The average molecular weight is 451 g/mol. The molecular weight excluding hydrogens is 432 g/mol. The van der Waals surface area contributed by atoms with Crippen molar-refractivity contribution in [1.82, 2.24) is 5.09 Å². The minimum absolute atomic E-state index is 0.113. The quantitative estimate of drug-likeness (QED) is 0.202. The van der Waals surface area contributed by atoms with Gasteiger partial charge >= 0.3 is 5.97 Å². The molecule has 1 N–H and O–H groups in total. The van der Waals surface area contributed by atoms with Crippen molar-refractivity contribution in [2.24, 2.45) is 0 Å². The number of hydrogen-bond donors (Lipinski definition) is 1. The van der Waals surface area contributed by atoms with E-state index in [0.717, 1.165) is 0 Å². The summed E-state index contributed by atoms with van der Waals surface area (Å²) < 4.78 is 84.3. The Balaban J connectivity index is 2.45. The molecule has 2 unspecified atom stereocenters. The van der Waals surface area contributed by atoms with Crippen LogP contribution in [0.4, 0.5) is 22.0 Å². The van der Waals surface area contributed by atoms with Gasteiger partial charge in [0.1, 0.15) is 11.8 Å². The third-order valence-electron chi connectivity index (χ3n) is 3.50. The fourth-order valence-corrected chi connectivity index (χ4v) is 3.97. The van der Waals surface area contributed by atoms with Gasteiger partial charge < -0.3 is 13.8 Å². The number of esters is 1. The highest BCUT2D eigenvalue weighted by Gasteiger charge is 2.33. The molecule has 0 aliphatic carbocycles. The Morgan fingerprint density at radius 3 is 1.90 bits per heavy atom. The first kappa shape index (κ1) is 23.7. The maximum Gasteiger partial charge on any atom is 0.323 e. The molecule has 0 saturated carbocycles. The molecule has 0 bridgehead atoms. The maximum absolute atomic E-state index is 14.1. The van der Waals surface area contributed by atoms with Crippen LogP contribution in [0.1, 0.15) is 20.8 Å². The smallest absolute Gasteiger partial charge is 0.323 e. The van der Waals surface area contributed by atoms with Crippen LogP contribution in [-0.2, 0) is 9.53 Å². The Labute approximate surface area is 169 Å². The number of carbonyl (C=O) groups is 1. The lowest BCUT2D eigenvalue weighted by atomic mass is 10.3. The van der Waals surface area contributed by atoms with E-state index in [-0.39, 0.29) is 5.75 Å². The minimum atomic E-state index is -3.91. The van der Waals surface area contributed by atoms with Crippen molar-refractivity contribution in [2.45, 2.75) is 32.9 Å². The molecular formula is C19H19F5NO4P. The Kier molecular flexibility index (Phi) is 7.49. The van der Waals surface area contributed by atoms with Gasteiger partial charge in [-0.2, -0.15) is 8.78 Å². The zero-order valence-corrected chi connectivity index (χ0v) is 17.1. The molecule has 2 rings (SSSR count). The first-order valence-corrected chi connectivity index (χ1v) is 10.4. The van der Waals surface area contributed by atoms with E-state index in [2.05, 4.69) is 11.4 Å². The molecule has 0 spiro atoms. The van der Waals surface area contributed by atoms with Crippen molar-refractivity contribution < 1.29 is 40.5 Å². The first-order chi connectivity index (χ1) is 13.9. The second-order valence-corrected chi connectivity index (χ2v) is 8.37. The lowest BCUT2D eigenvalue weighted by Gasteiger charge is -2.29. The topological polar surface area (TPSA) is 56.8 Å². The highest BCUT2D eigenvalue weighted by molar-refractivity contribution is 7.63. The highest BCUT2D eigenvalue weighted by atomic mass is 31.2. The lowest BCUT2D eigenvalue weighted by molar-refractivity contribution is -0.149. The lowest BCUT2D eigenvalue weighted by Crippen LogP contribution is -2.37. The third-order valence-corrected chi connectivity index (χ3v) is 5.26. The summed E-state index contributed by atoms with van der Waals surface area (Å²) >= 11 is 0. The first-order valence-electron chi connectivity index (χ1n) is 8.62. The number of rotatable bonds is 8. The SMILES string of the molecule is C=P(NC(C)C(=O)OC(C)C)(Oc1ccccc1)Oc1c(F)c(F)c(F)c(F)c1F. The largest absolute Gasteiger partial charge is 0.462 e. The number of halogens is 5. The van der Waals surface area contributed by atoms with Crippen LogP contribution in [0.5, 0.6) is 11.5 Å². The van der Waals surface area contributed by atoms with Crippen LogP contribution in [0.15, 0.2) is 30.3 Å². The molecule has 0 aliphatic heterocycles. The second kappa shape index (κ2) is 9.49. The van der Waals surface area contributed by atoms with Gasteiger partial charge in [0.15, 0.2) is 0 Å². The molecule has 2 aromatic rings. The summed E-state index contributed by atoms with van der Waals surface area (Å²) in [5.74, 6) is -13.4. The summed E-state index contributed by atoms with van der Waals surface area (Å²) in [4.78, 5) is 12.1. The Bertz CT molecular complexity index is 942. The predicted octanol–water partition coefficient (Wildman–Crippen LogP) is 4.96. The third kappa shape index (κ3) is 5.52. The van der Waals surface area contributed by atoms with Crippen LogP contribution in [0, 0.1) is 29.1 Å². The molecule has 11 heteroatoms. The number of carbonyl (C=O) groups excluding carboxylic acids is 1. The van der Waals surface area contributed by atoms with Gasteiger partial charge in [-0.1, -0.05) is 18.2 Å². The number of hydrogen-bond acceptors (Lipinski definition) is 5. The van der Waals surface area contributed by atoms with Gasteiger partial charge in [0.25, 0.3) is 7.49 Å². The van der Waals surface area contributed by atoms with Crippen molar-refractivity contribution in [3.63, 3.8) is 0 Å². The normalized spacial score (nSPS) is 14.2. The van der Waals surface area contributed by atoms with Crippen LogP contribution in [0.2, 0.25) is 0 Å². The van der Waals surface area contributed by atoms with E-state index in [1.807, 2.05) is 0 Å². The van der Waals surface area contributed by atoms with Crippen LogP contribution >= 0.6 is 7.49 Å². The number of para-hydroxylation sites is 1. The van der Waals surface area contributed by atoms with Gasteiger partial charge in [0.05, 0.1) is 6.10 Å². The molecule has 0 amide bonds. The summed E-state index contributed by atoms with van der Waals surface area (Å²) in [5.41, 5.74) is 0. The van der Waals surface area contributed by atoms with Crippen molar-refractivity contribution in [3.05, 3.63) is 59.4 Å². The van der Waals surface area contributed by atoms with Crippen molar-refractivity contribution in [3.8, 4) is 11.5 Å². The summed E-state index contributed by atoms with van der Waals surface area (Å²) in [6.45, 7) is 4.53. The highest BCUT2D eigenvalue weighted by Crippen LogP contribution is 2.47. The molecule has 0 radical (unpaired) electrons. The molecule has 2 atom stereocenters. The van der Waals surface area contributed by atoms with Gasteiger partial charge in [0, 0.05) is 0 Å². The molecule has 0 fully saturated rings. The summed E-state index contributed by atoms with van der Waals surface area (Å²) in [7, 11) is -3.91. The summed E-state index contributed by atoms with van der Waals surface area (Å²) in [6, 6.07) is 6.52. The van der Waals surface area contributed by atoms with E-state index in [4.69, 9.17) is 13.8 Å². The molecule has 164 valence electrons. The summed E-state index contributed by atoms with van der Waals surface area (Å²) in [6.07, 6.45) is 3.13. The van der Waals surface area contributed by atoms with Gasteiger partial charge in [-0.3, -0.25) is 4.79 Å². The van der Waals surface area contributed by atoms with Crippen molar-refractivity contribution >= 4 is 19.8 Å². The molecule has 5 nitrogen and oxygen atoms in total. The molecule has 0 aromatic heterocycles. The monoisotopic (exact) mass is 451 g/mol. The maximum atomic E-state index is 14.1. The number of nitrogens with one attached hydrogen (secondary N) is 1.